The van der Waals surface area contributed by atoms with E-state index >= 15 is 0 Å². The smallest absolute Gasteiger partial charge is 0.399 e. The Bertz CT molecular complexity index is 5790. The van der Waals surface area contributed by atoms with Crippen LogP contribution in [-0.2, 0) is 82.9 Å². The molecule has 0 aliphatic carbocycles. The second kappa shape index (κ2) is 33.9. The lowest BCUT2D eigenvalue weighted by Gasteiger charge is -2.47. The number of rotatable bonds is 8. The lowest BCUT2D eigenvalue weighted by Crippen LogP contribution is -2.65. The minimum atomic E-state index is -4.81. The Labute approximate surface area is 724 Å². The quantitative estimate of drug-likeness (QED) is 0.0399. The van der Waals surface area contributed by atoms with E-state index in [0.29, 0.717) is 79.1 Å². The van der Waals surface area contributed by atoms with Gasteiger partial charge >= 0.3 is 6.18 Å². The van der Waals surface area contributed by atoms with Crippen molar-refractivity contribution >= 4 is 186 Å². The van der Waals surface area contributed by atoms with Gasteiger partial charge in [-0.3, -0.25) is 76.7 Å². The fourth-order valence-corrected chi connectivity index (χ4v) is 17.3. The van der Waals surface area contributed by atoms with E-state index in [4.69, 9.17) is 45.9 Å². The van der Waals surface area contributed by atoms with E-state index in [1.54, 1.807) is 121 Å². The predicted octanol–water partition coefficient (Wildman–Crippen LogP) is 9.22. The van der Waals surface area contributed by atoms with Crippen molar-refractivity contribution in [3.63, 3.8) is 0 Å². The number of nitrogens with zero attached hydrogens (tertiary/aromatic N) is 10. The molecular formula is C90H91F3N18O16. The maximum absolute atomic E-state index is 13.9. The summed E-state index contributed by atoms with van der Waals surface area (Å²) in [6, 6.07) is 32.7. The van der Waals surface area contributed by atoms with Crippen LogP contribution in [0.2, 0.25) is 0 Å². The number of nitrogen functional groups attached to an aromatic ring is 8. The lowest BCUT2D eigenvalue weighted by molar-refractivity contribution is -0.155. The van der Waals surface area contributed by atoms with Crippen LogP contribution < -0.4 is 85.1 Å². The minimum Gasteiger partial charge on any atom is -0.399 e. The van der Waals surface area contributed by atoms with Crippen LogP contribution in [0.25, 0.3) is 0 Å². The highest BCUT2D eigenvalue weighted by atomic mass is 19.4. The molecule has 0 bridgehead atoms. The number of nitrogens with two attached hydrogens (primary N) is 8. The summed E-state index contributed by atoms with van der Waals surface area (Å²) >= 11 is 0. The van der Waals surface area contributed by atoms with Gasteiger partial charge in [0.15, 0.2) is 0 Å². The molecule has 8 fully saturated rings. The first-order valence-electron chi connectivity index (χ1n) is 40.5. The number of aryl methyl sites for hydroxylation is 5. The number of halogens is 3. The van der Waals surface area contributed by atoms with Gasteiger partial charge in [-0.1, -0.05) is 13.8 Å². The molecule has 2 aromatic heterocycles. The van der Waals surface area contributed by atoms with Crippen LogP contribution in [0.4, 0.5) is 104 Å². The number of imide groups is 8. The molecule has 8 aliphatic heterocycles. The second-order valence-electron chi connectivity index (χ2n) is 33.1. The molecule has 37 heteroatoms. The molecule has 16 rings (SSSR count). The first kappa shape index (κ1) is 89.7. The van der Waals surface area contributed by atoms with E-state index in [1.807, 2.05) is 0 Å². The molecule has 16 N–H and O–H groups in total. The topological polar surface area (TPSA) is 533 Å². The number of benzene rings is 6. The van der Waals surface area contributed by atoms with Crippen LogP contribution in [0.15, 0.2) is 146 Å². The molecule has 10 heterocycles. The van der Waals surface area contributed by atoms with E-state index < -0.39 is 122 Å². The molecule has 16 amide bonds. The number of pyridine rings is 2. The predicted molar refractivity (Wildman–Crippen MR) is 464 cm³/mol. The van der Waals surface area contributed by atoms with Gasteiger partial charge < -0.3 is 45.9 Å². The SMILES string of the molecule is Cc1cc(N2C(=O)C(C)CC3(CC(C)C(=O)N(c4ccc(N)c(C)c4)C3=O)C2=O)ccc1N.Cc1cc(N2C(=O)CCC3(CCC(=O)N(c4ccc(N)c(C)c4)C3=O)C2=O)ccc1N.Cc1cc(N2C(=O)CC[C@]3(CCC(=O)N(c4ccc(N)c(C(F)(F)F)c4)C3=O)C2=O)ccc1N.Nc1ccc(N2C(=O)CCC3(CCC(=O)N(c4ccc(N)cn4)C3=O)C2=O)nc1. The van der Waals surface area contributed by atoms with E-state index in [2.05, 4.69) is 9.97 Å². The Hall–Kier alpha value is -15.1. The molecule has 658 valence electrons. The van der Waals surface area contributed by atoms with E-state index in [9.17, 15) is 89.9 Å². The molecule has 127 heavy (non-hydrogen) atoms. The van der Waals surface area contributed by atoms with Crippen LogP contribution in [0, 0.1) is 68.1 Å². The van der Waals surface area contributed by atoms with Crippen LogP contribution in [-0.4, -0.2) is 104 Å². The Morgan fingerprint density at radius 2 is 0.512 bits per heavy atom. The van der Waals surface area contributed by atoms with Crippen molar-refractivity contribution in [3.8, 4) is 0 Å². The number of carbonyl (C=O) groups excluding carboxylic acids is 16. The molecule has 8 aliphatic rings. The first-order valence-corrected chi connectivity index (χ1v) is 40.5. The Balaban J connectivity index is 0.000000145. The van der Waals surface area contributed by atoms with Crippen molar-refractivity contribution in [1.29, 1.82) is 0 Å². The average molecular weight is 1740 g/mol. The number of alkyl halides is 3. The zero-order chi connectivity index (χ0) is 92.5. The normalized spacial score (nSPS) is 21.4. The maximum Gasteiger partial charge on any atom is 0.418 e. The zero-order valence-electron chi connectivity index (χ0n) is 70.2. The highest BCUT2D eigenvalue weighted by Crippen LogP contribution is 2.52. The number of aromatic nitrogens is 2. The number of carbonyl (C=O) groups is 16. The Morgan fingerprint density at radius 3 is 0.748 bits per heavy atom. The summed E-state index contributed by atoms with van der Waals surface area (Å²) in [4.78, 5) is 227. The maximum atomic E-state index is 13.9. The van der Waals surface area contributed by atoms with Crippen LogP contribution in [0.1, 0.15) is 137 Å². The average Bonchev–Trinajstić information content (AvgIpc) is 0.731. The zero-order valence-corrected chi connectivity index (χ0v) is 70.2. The third kappa shape index (κ3) is 16.0. The van der Waals surface area contributed by atoms with Crippen molar-refractivity contribution in [2.24, 2.45) is 33.5 Å². The highest BCUT2D eigenvalue weighted by molar-refractivity contribution is 6.35. The lowest BCUT2D eigenvalue weighted by atomic mass is 9.66. The van der Waals surface area contributed by atoms with Crippen molar-refractivity contribution in [1.82, 2.24) is 9.97 Å². The van der Waals surface area contributed by atoms with Gasteiger partial charge in [0.25, 0.3) is 11.8 Å². The molecule has 8 aromatic rings. The summed E-state index contributed by atoms with van der Waals surface area (Å²) in [5.41, 5.74) is 46.3. The summed E-state index contributed by atoms with van der Waals surface area (Å²) in [5, 5.41) is 0. The molecule has 4 spiro atoms. The number of amides is 16. The fourth-order valence-electron chi connectivity index (χ4n) is 17.3. The fraction of sp³-hybridized carbons (Fsp3) is 0.311. The molecule has 2 unspecified atom stereocenters. The number of hydrogen-bond donors (Lipinski definition) is 8. The van der Waals surface area contributed by atoms with E-state index in [1.165, 1.54) is 54.9 Å². The number of hydrogen-bond acceptors (Lipinski definition) is 26. The molecule has 8 saturated heterocycles. The standard InChI is InChI=1S/C25H28N4O4.C23H21F3N4O4.C23H24N4O4.C19H18N6O4/c1-13-9-17(5-7-19(13)26)28-21(30)15(3)11-25(23(28)32)12-16(4)22(31)29(24(25)33)18-6-8-20(27)14(2)10-18;1-12-10-13(2-4-16(12)27)29-18(31)6-8-22(20(29)33)9-7-19(32)30(21(22)34)14-3-5-17(28)15(11-14)23(24,25)26;1-13-11-15(3-5-17(13)24)26-19(28)7-9-23(21(26)30)10-8-20(29)27(22(23)31)16-4-6-18(25)14(2)12-16;20-11-1-3-13(22-9-11)24-15(26)5-7-19(17(24)28)8-6-16(27)25(18(19)29)14-4-2-12(21)10-23-14/h5-10,15-16H,11-12,26-27H2,1-4H3;2-5,10-11H,6-9,27-28H2,1H3;3-6,11-12H,7-10,24-25H2,1-2H3;1-4,9-10H,5-8,20-21H2/t;22-;;/m.0../s1. The Morgan fingerprint density at radius 1 is 0.291 bits per heavy atom. The first-order chi connectivity index (χ1) is 59.8. The monoisotopic (exact) mass is 1740 g/mol. The summed E-state index contributed by atoms with van der Waals surface area (Å²) in [5.74, 6) is -10.2. The minimum absolute atomic E-state index is 0.0216. The van der Waals surface area contributed by atoms with Crippen molar-refractivity contribution in [2.75, 3.05) is 85.1 Å². The number of piperidine rings is 8. The van der Waals surface area contributed by atoms with E-state index in [-0.39, 0.29) is 137 Å². The summed E-state index contributed by atoms with van der Waals surface area (Å²) in [6.07, 6.45) is -2.57. The van der Waals surface area contributed by atoms with Gasteiger partial charge in [0.2, 0.25) is 82.7 Å². The van der Waals surface area contributed by atoms with Crippen LogP contribution in [0.3, 0.4) is 0 Å². The van der Waals surface area contributed by atoms with Gasteiger partial charge in [-0.25, -0.2) is 49.2 Å². The molecule has 3 atom stereocenters. The third-order valence-electron chi connectivity index (χ3n) is 24.7. The van der Waals surface area contributed by atoms with Gasteiger partial charge in [-0.15, -0.1) is 0 Å². The van der Waals surface area contributed by atoms with Crippen molar-refractivity contribution in [3.05, 3.63) is 179 Å². The van der Waals surface area contributed by atoms with Gasteiger partial charge in [0.05, 0.1) is 63.5 Å². The van der Waals surface area contributed by atoms with Crippen molar-refractivity contribution in [2.45, 2.75) is 145 Å². The van der Waals surface area contributed by atoms with Gasteiger partial charge in [0, 0.05) is 84.5 Å². The molecule has 0 radical (unpaired) electrons. The van der Waals surface area contributed by atoms with Gasteiger partial charge in [0.1, 0.15) is 33.3 Å². The molecule has 6 aromatic carbocycles. The molecule has 34 nitrogen and oxygen atoms in total. The molecular weight excluding hydrogens is 1650 g/mol. The number of anilines is 16. The van der Waals surface area contributed by atoms with Gasteiger partial charge in [-0.2, -0.15) is 13.2 Å². The molecule has 0 saturated carbocycles. The summed E-state index contributed by atoms with van der Waals surface area (Å²) in [7, 11) is 0. The third-order valence-corrected chi connectivity index (χ3v) is 24.7. The Kier molecular flexibility index (Phi) is 23.9. The second-order valence-corrected chi connectivity index (χ2v) is 33.1. The van der Waals surface area contributed by atoms with Crippen LogP contribution in [0.5, 0.6) is 0 Å². The summed E-state index contributed by atoms with van der Waals surface area (Å²) in [6.45, 7) is 12.2. The summed E-state index contributed by atoms with van der Waals surface area (Å²) < 4.78 is 40.1. The van der Waals surface area contributed by atoms with E-state index in [0.717, 1.165) is 68.7 Å². The highest BCUT2D eigenvalue weighted by Gasteiger charge is 2.64. The van der Waals surface area contributed by atoms with Gasteiger partial charge in [-0.05, 0) is 247 Å². The largest absolute Gasteiger partial charge is 0.418 e. The van der Waals surface area contributed by atoms with Crippen molar-refractivity contribution < 1.29 is 89.9 Å². The van der Waals surface area contributed by atoms with Crippen LogP contribution >= 0.6 is 0 Å².